The van der Waals surface area contributed by atoms with E-state index in [4.69, 9.17) is 0 Å². The van der Waals surface area contributed by atoms with Crippen LogP contribution >= 0.6 is 0 Å². The molecule has 0 heteroatoms. The fraction of sp³-hybridized carbons (Fsp3) is 0.721. The second kappa shape index (κ2) is 11.7. The van der Waals surface area contributed by atoms with Gasteiger partial charge in [0, 0.05) is 0 Å². The summed E-state index contributed by atoms with van der Waals surface area (Å²) in [6, 6.07) is 7.32. The summed E-state index contributed by atoms with van der Waals surface area (Å²) in [5.41, 5.74) is 14.6. The zero-order valence-electron chi connectivity index (χ0n) is 32.9. The van der Waals surface area contributed by atoms with E-state index in [0.717, 1.165) is 19.3 Å². The van der Waals surface area contributed by atoms with Gasteiger partial charge in [-0.25, -0.2) is 0 Å². The van der Waals surface area contributed by atoms with Crippen LogP contribution in [0.15, 0.2) is 18.2 Å². The maximum Gasteiger partial charge on any atom is -0.0126 e. The maximum atomic E-state index is 2.53. The maximum absolute atomic E-state index is 2.53. The lowest BCUT2D eigenvalue weighted by atomic mass is 9.58. The Balaban J connectivity index is 3.04. The molecule has 0 aliphatic rings. The highest BCUT2D eigenvalue weighted by Gasteiger charge is 2.42. The molecular weight excluding hydrogens is 516 g/mol. The van der Waals surface area contributed by atoms with Gasteiger partial charge in [-0.15, -0.1) is 0 Å². The summed E-state index contributed by atoms with van der Waals surface area (Å²) in [5, 5.41) is 0. The van der Waals surface area contributed by atoms with Crippen LogP contribution in [0.5, 0.6) is 0 Å². The Labute approximate surface area is 270 Å². The average molecular weight is 589 g/mol. The van der Waals surface area contributed by atoms with Crippen LogP contribution < -0.4 is 0 Å². The summed E-state index contributed by atoms with van der Waals surface area (Å²) in [6.07, 6.45) is 3.38. The molecule has 2 aromatic rings. The minimum atomic E-state index is 0.0385. The molecule has 0 fully saturated rings. The number of benzene rings is 2. The quantitative estimate of drug-likeness (QED) is 0.333. The van der Waals surface area contributed by atoms with E-state index in [9.17, 15) is 0 Å². The highest BCUT2D eigenvalue weighted by atomic mass is 14.5. The summed E-state index contributed by atoms with van der Waals surface area (Å²) < 4.78 is 0. The molecule has 0 aliphatic carbocycles. The van der Waals surface area contributed by atoms with Crippen molar-refractivity contribution in [3.05, 3.63) is 68.3 Å². The van der Waals surface area contributed by atoms with Crippen LogP contribution in [0.25, 0.3) is 0 Å². The van der Waals surface area contributed by atoms with Crippen molar-refractivity contribution in [3.8, 4) is 0 Å². The summed E-state index contributed by atoms with van der Waals surface area (Å²) in [5.74, 6) is 0. The highest BCUT2D eigenvalue weighted by molar-refractivity contribution is 5.62. The SMILES string of the molecule is CC(C)(C)c1ccc(C(C)(C)C)c(CCCc2c(C(C)(C)C)c(C(C)(C)C)c(C(C)(C)C)c(C(C)(C)C)c2C(C)(C)C)c1. The van der Waals surface area contributed by atoms with Gasteiger partial charge in [-0.1, -0.05) is 164 Å². The Morgan fingerprint density at radius 2 is 0.721 bits per heavy atom. The molecule has 0 bridgehead atoms. The Hall–Kier alpha value is -1.56. The van der Waals surface area contributed by atoms with Crippen molar-refractivity contribution in [3.63, 3.8) is 0 Å². The van der Waals surface area contributed by atoms with Crippen LogP contribution in [-0.4, -0.2) is 0 Å². The van der Waals surface area contributed by atoms with Crippen LogP contribution in [-0.2, 0) is 50.7 Å². The third-order valence-corrected chi connectivity index (χ3v) is 9.01. The van der Waals surface area contributed by atoms with Crippen molar-refractivity contribution in [2.45, 2.75) is 203 Å². The lowest BCUT2D eigenvalue weighted by molar-refractivity contribution is 0.453. The van der Waals surface area contributed by atoms with E-state index < -0.39 is 0 Å². The molecule has 0 aromatic heterocycles. The van der Waals surface area contributed by atoms with E-state index in [0.29, 0.717) is 0 Å². The van der Waals surface area contributed by atoms with Gasteiger partial charge < -0.3 is 0 Å². The first-order chi connectivity index (χ1) is 18.8. The molecule has 0 spiro atoms. The van der Waals surface area contributed by atoms with Gasteiger partial charge in [0.1, 0.15) is 0 Å². The lowest BCUT2D eigenvalue weighted by Crippen LogP contribution is -2.37. The Bertz CT molecular complexity index is 1220. The molecule has 0 atom stereocenters. The molecule has 0 heterocycles. The summed E-state index contributed by atoms with van der Waals surface area (Å²) in [4.78, 5) is 0. The molecule has 0 nitrogen and oxygen atoms in total. The van der Waals surface area contributed by atoms with Gasteiger partial charge in [0.25, 0.3) is 0 Å². The normalized spacial score (nSPS) is 14.4. The molecule has 244 valence electrons. The van der Waals surface area contributed by atoms with Crippen LogP contribution in [0.4, 0.5) is 0 Å². The largest absolute Gasteiger partial charge is 0.0582 e. The fourth-order valence-electron chi connectivity index (χ4n) is 7.41. The molecule has 0 aliphatic heterocycles. The Morgan fingerprint density at radius 3 is 1.02 bits per heavy atom. The van der Waals surface area contributed by atoms with Gasteiger partial charge in [-0.2, -0.15) is 0 Å². The molecule has 0 radical (unpaired) electrons. The van der Waals surface area contributed by atoms with Crippen LogP contribution in [0.2, 0.25) is 0 Å². The predicted molar refractivity (Wildman–Crippen MR) is 196 cm³/mol. The Morgan fingerprint density at radius 1 is 0.372 bits per heavy atom. The van der Waals surface area contributed by atoms with Gasteiger partial charge in [0.15, 0.2) is 0 Å². The fourth-order valence-corrected chi connectivity index (χ4v) is 7.41. The molecule has 0 unspecified atom stereocenters. The molecule has 0 saturated heterocycles. The second-order valence-corrected chi connectivity index (χ2v) is 20.8. The van der Waals surface area contributed by atoms with Crippen LogP contribution in [0, 0.1) is 0 Å². The van der Waals surface area contributed by atoms with Gasteiger partial charge in [-0.3, -0.25) is 0 Å². The second-order valence-electron chi connectivity index (χ2n) is 20.8. The summed E-state index contributed by atoms with van der Waals surface area (Å²) in [7, 11) is 0. The average Bonchev–Trinajstić information content (AvgIpc) is 2.72. The van der Waals surface area contributed by atoms with E-state index in [1.807, 2.05) is 0 Å². The number of aryl methyl sites for hydroxylation is 1. The first kappa shape index (κ1) is 37.6. The highest BCUT2D eigenvalue weighted by Crippen LogP contribution is 2.51. The summed E-state index contributed by atoms with van der Waals surface area (Å²) >= 11 is 0. The first-order valence-corrected chi connectivity index (χ1v) is 17.2. The monoisotopic (exact) mass is 589 g/mol. The van der Waals surface area contributed by atoms with Gasteiger partial charge >= 0.3 is 0 Å². The zero-order valence-corrected chi connectivity index (χ0v) is 32.9. The molecule has 43 heavy (non-hydrogen) atoms. The van der Waals surface area contributed by atoms with Crippen molar-refractivity contribution in [1.29, 1.82) is 0 Å². The first-order valence-electron chi connectivity index (χ1n) is 17.2. The molecule has 0 saturated carbocycles. The van der Waals surface area contributed by atoms with Crippen molar-refractivity contribution < 1.29 is 0 Å². The van der Waals surface area contributed by atoms with Gasteiger partial charge in [0.05, 0.1) is 0 Å². The van der Waals surface area contributed by atoms with E-state index in [-0.39, 0.29) is 37.9 Å². The van der Waals surface area contributed by atoms with Crippen molar-refractivity contribution >= 4 is 0 Å². The van der Waals surface area contributed by atoms with Crippen LogP contribution in [0.3, 0.4) is 0 Å². The van der Waals surface area contributed by atoms with Crippen LogP contribution in [0.1, 0.15) is 202 Å². The van der Waals surface area contributed by atoms with E-state index in [2.05, 4.69) is 164 Å². The number of rotatable bonds is 4. The molecule has 0 amide bonds. The number of hydrogen-bond acceptors (Lipinski definition) is 0. The molecule has 2 rings (SSSR count). The van der Waals surface area contributed by atoms with Gasteiger partial charge in [0.2, 0.25) is 0 Å². The minimum Gasteiger partial charge on any atom is -0.0582 e. The topological polar surface area (TPSA) is 0 Å². The molecule has 2 aromatic carbocycles. The van der Waals surface area contributed by atoms with Crippen molar-refractivity contribution in [1.82, 2.24) is 0 Å². The smallest absolute Gasteiger partial charge is 0.0126 e. The molecular formula is C43H72. The summed E-state index contributed by atoms with van der Waals surface area (Å²) in [6.45, 7) is 50.9. The van der Waals surface area contributed by atoms with Gasteiger partial charge in [-0.05, 0) is 107 Å². The molecule has 0 N–H and O–H groups in total. The Kier molecular flexibility index (Phi) is 10.2. The van der Waals surface area contributed by atoms with E-state index >= 15 is 0 Å². The van der Waals surface area contributed by atoms with Crippen molar-refractivity contribution in [2.75, 3.05) is 0 Å². The minimum absolute atomic E-state index is 0.0385. The zero-order chi connectivity index (χ0) is 33.9. The van der Waals surface area contributed by atoms with Crippen molar-refractivity contribution in [2.24, 2.45) is 0 Å². The third-order valence-electron chi connectivity index (χ3n) is 9.01. The predicted octanol–water partition coefficient (Wildman–Crippen LogP) is 12.9. The van der Waals surface area contributed by atoms with E-state index in [1.165, 1.54) is 16.7 Å². The lowest BCUT2D eigenvalue weighted by Gasteiger charge is -2.46. The third kappa shape index (κ3) is 8.58. The number of hydrogen-bond donors (Lipinski definition) is 0. The standard InChI is InChI=1S/C43H72/c1-37(2,3)29-25-26-31(38(4,5)6)28(27-29)23-22-24-30-32(39(7,8)9)34(41(13,14)15)36(43(19,20)21)35(42(16,17)18)33(30)40(10,11)12/h25-27H,22-24H2,1-21H3. The van der Waals surface area contributed by atoms with E-state index in [1.54, 1.807) is 33.4 Å².